The normalized spacial score (nSPS) is 10.5. The third kappa shape index (κ3) is 1.73. The lowest BCUT2D eigenvalue weighted by atomic mass is 10.1. The Morgan fingerprint density at radius 1 is 1.47 bits per heavy atom. The summed E-state index contributed by atoms with van der Waals surface area (Å²) in [5.41, 5.74) is 2.64. The zero-order valence-corrected chi connectivity index (χ0v) is 8.83. The van der Waals surface area contributed by atoms with Gasteiger partial charge in [0.05, 0.1) is 6.61 Å². The molecule has 2 aromatic rings. The minimum atomic E-state index is -0.298. The van der Waals surface area contributed by atoms with Gasteiger partial charge in [0.15, 0.2) is 0 Å². The lowest BCUT2D eigenvalue weighted by Gasteiger charge is -1.96. The molecule has 0 aliphatic heterocycles. The van der Waals surface area contributed by atoms with E-state index in [0.717, 1.165) is 16.5 Å². The second-order valence-corrected chi connectivity index (χ2v) is 3.44. The number of benzene rings is 1. The van der Waals surface area contributed by atoms with Gasteiger partial charge in [0.2, 0.25) is 0 Å². The molecule has 0 amide bonds. The van der Waals surface area contributed by atoms with Gasteiger partial charge in [0.25, 0.3) is 0 Å². The van der Waals surface area contributed by atoms with Gasteiger partial charge in [-0.25, -0.2) is 4.79 Å². The fourth-order valence-corrected chi connectivity index (χ4v) is 1.63. The van der Waals surface area contributed by atoms with E-state index in [-0.39, 0.29) is 5.97 Å². The van der Waals surface area contributed by atoms with E-state index in [2.05, 4.69) is 4.98 Å². The number of hydrogen-bond donors (Lipinski definition) is 1. The Kier molecular flexibility index (Phi) is 2.46. The number of H-pyrrole nitrogens is 1. The molecule has 0 aliphatic carbocycles. The predicted octanol–water partition coefficient (Wildman–Crippen LogP) is 2.65. The first kappa shape index (κ1) is 9.77. The van der Waals surface area contributed by atoms with E-state index in [1.807, 2.05) is 31.2 Å². The highest BCUT2D eigenvalue weighted by molar-refractivity contribution is 5.95. The highest BCUT2D eigenvalue weighted by atomic mass is 16.5. The lowest BCUT2D eigenvalue weighted by molar-refractivity contribution is 0.0520. The molecule has 1 N–H and O–H groups in total. The molecular weight excluding hydrogens is 190 g/mol. The van der Waals surface area contributed by atoms with Crippen LogP contribution in [-0.2, 0) is 4.74 Å². The van der Waals surface area contributed by atoms with Crippen LogP contribution in [-0.4, -0.2) is 17.6 Å². The van der Waals surface area contributed by atoms with Gasteiger partial charge in [0.1, 0.15) is 5.69 Å². The van der Waals surface area contributed by atoms with Gasteiger partial charge in [-0.1, -0.05) is 12.1 Å². The highest BCUT2D eigenvalue weighted by Gasteiger charge is 2.10. The number of aromatic nitrogens is 1. The number of aryl methyl sites for hydroxylation is 1. The van der Waals surface area contributed by atoms with Gasteiger partial charge in [-0.05, 0) is 31.5 Å². The minimum Gasteiger partial charge on any atom is -0.461 e. The van der Waals surface area contributed by atoms with Crippen LogP contribution in [0, 0.1) is 6.92 Å². The number of rotatable bonds is 2. The highest BCUT2D eigenvalue weighted by Crippen LogP contribution is 2.19. The number of carbonyl (C=O) groups is 1. The van der Waals surface area contributed by atoms with Gasteiger partial charge in [-0.3, -0.25) is 0 Å². The maximum Gasteiger partial charge on any atom is 0.354 e. The second-order valence-electron chi connectivity index (χ2n) is 3.44. The van der Waals surface area contributed by atoms with E-state index in [1.54, 1.807) is 6.92 Å². The van der Waals surface area contributed by atoms with Crippen LogP contribution in [0.25, 0.3) is 10.9 Å². The van der Waals surface area contributed by atoms with Crippen molar-refractivity contribution < 1.29 is 9.53 Å². The van der Waals surface area contributed by atoms with Crippen molar-refractivity contribution in [1.82, 2.24) is 4.98 Å². The Morgan fingerprint density at radius 2 is 2.27 bits per heavy atom. The molecule has 1 aromatic heterocycles. The van der Waals surface area contributed by atoms with Gasteiger partial charge < -0.3 is 9.72 Å². The monoisotopic (exact) mass is 203 g/mol. The van der Waals surface area contributed by atoms with Gasteiger partial charge in [-0.15, -0.1) is 0 Å². The van der Waals surface area contributed by atoms with Crippen molar-refractivity contribution in [3.8, 4) is 0 Å². The zero-order chi connectivity index (χ0) is 10.8. The van der Waals surface area contributed by atoms with Gasteiger partial charge in [-0.2, -0.15) is 0 Å². The van der Waals surface area contributed by atoms with E-state index in [4.69, 9.17) is 4.74 Å². The number of hydrogen-bond acceptors (Lipinski definition) is 2. The maximum atomic E-state index is 11.5. The van der Waals surface area contributed by atoms with E-state index >= 15 is 0 Å². The summed E-state index contributed by atoms with van der Waals surface area (Å²) in [5.74, 6) is -0.298. The van der Waals surface area contributed by atoms with Crippen LogP contribution in [0.1, 0.15) is 23.0 Å². The third-order valence-corrected chi connectivity index (χ3v) is 2.38. The van der Waals surface area contributed by atoms with Crippen LogP contribution < -0.4 is 0 Å². The Hall–Kier alpha value is -1.77. The molecule has 0 unspecified atom stereocenters. The Morgan fingerprint density at radius 3 is 2.93 bits per heavy atom. The number of esters is 1. The van der Waals surface area contributed by atoms with Crippen molar-refractivity contribution in [3.63, 3.8) is 0 Å². The number of nitrogens with one attached hydrogen (secondary N) is 1. The molecule has 1 heterocycles. The summed E-state index contributed by atoms with van der Waals surface area (Å²) in [4.78, 5) is 14.5. The largest absolute Gasteiger partial charge is 0.461 e. The first-order chi connectivity index (χ1) is 7.22. The van der Waals surface area contributed by atoms with Gasteiger partial charge in [0, 0.05) is 10.9 Å². The quantitative estimate of drug-likeness (QED) is 0.762. The van der Waals surface area contributed by atoms with Crippen LogP contribution in [0.4, 0.5) is 0 Å². The molecule has 15 heavy (non-hydrogen) atoms. The molecule has 2 rings (SSSR count). The molecule has 1 aromatic carbocycles. The number of ether oxygens (including phenoxy) is 1. The molecule has 0 aliphatic rings. The number of aromatic amines is 1. The smallest absolute Gasteiger partial charge is 0.354 e. The Labute approximate surface area is 88.1 Å². The summed E-state index contributed by atoms with van der Waals surface area (Å²) in [6.07, 6.45) is 0. The summed E-state index contributed by atoms with van der Waals surface area (Å²) in [5, 5.41) is 1.07. The lowest BCUT2D eigenvalue weighted by Crippen LogP contribution is -2.04. The van der Waals surface area contributed by atoms with E-state index in [9.17, 15) is 4.79 Å². The van der Waals surface area contributed by atoms with E-state index in [0.29, 0.717) is 12.3 Å². The van der Waals surface area contributed by atoms with Crippen molar-refractivity contribution in [2.75, 3.05) is 6.61 Å². The predicted molar refractivity (Wildman–Crippen MR) is 59.0 cm³/mol. The SMILES string of the molecule is CCOC(=O)c1cc2c(C)cccc2[nH]1. The van der Waals surface area contributed by atoms with Crippen LogP contribution in [0.5, 0.6) is 0 Å². The van der Waals surface area contributed by atoms with Crippen molar-refractivity contribution >= 4 is 16.9 Å². The summed E-state index contributed by atoms with van der Waals surface area (Å²) in [6.45, 7) is 4.21. The Balaban J connectivity index is 2.47. The molecule has 0 saturated carbocycles. The molecule has 0 spiro atoms. The average Bonchev–Trinajstić information content (AvgIpc) is 2.63. The molecule has 0 saturated heterocycles. The molecule has 0 atom stereocenters. The van der Waals surface area contributed by atoms with Crippen LogP contribution in [0.15, 0.2) is 24.3 Å². The molecule has 78 valence electrons. The topological polar surface area (TPSA) is 42.1 Å². The van der Waals surface area contributed by atoms with Crippen LogP contribution in [0.3, 0.4) is 0 Å². The third-order valence-electron chi connectivity index (χ3n) is 2.38. The zero-order valence-electron chi connectivity index (χ0n) is 8.83. The van der Waals surface area contributed by atoms with Crippen LogP contribution >= 0.6 is 0 Å². The van der Waals surface area contributed by atoms with Crippen molar-refractivity contribution in [2.24, 2.45) is 0 Å². The maximum absolute atomic E-state index is 11.5. The number of carbonyl (C=O) groups excluding carboxylic acids is 1. The molecule has 0 bridgehead atoms. The van der Waals surface area contributed by atoms with Gasteiger partial charge >= 0.3 is 5.97 Å². The average molecular weight is 203 g/mol. The molecule has 3 nitrogen and oxygen atoms in total. The first-order valence-corrected chi connectivity index (χ1v) is 4.98. The molecular formula is C12H13NO2. The minimum absolute atomic E-state index is 0.298. The summed E-state index contributed by atoms with van der Waals surface area (Å²) >= 11 is 0. The fourth-order valence-electron chi connectivity index (χ4n) is 1.63. The van der Waals surface area contributed by atoms with Crippen molar-refractivity contribution in [1.29, 1.82) is 0 Å². The van der Waals surface area contributed by atoms with E-state index < -0.39 is 0 Å². The molecule has 3 heteroatoms. The summed E-state index contributed by atoms with van der Waals surface area (Å²) in [6, 6.07) is 7.77. The fraction of sp³-hybridized carbons (Fsp3) is 0.250. The summed E-state index contributed by atoms with van der Waals surface area (Å²) < 4.78 is 4.93. The summed E-state index contributed by atoms with van der Waals surface area (Å²) in [7, 11) is 0. The van der Waals surface area contributed by atoms with Crippen molar-refractivity contribution in [2.45, 2.75) is 13.8 Å². The standard InChI is InChI=1S/C12H13NO2/c1-3-15-12(14)11-7-9-8(2)5-4-6-10(9)13-11/h4-7,13H,3H2,1-2H3. The van der Waals surface area contributed by atoms with Crippen molar-refractivity contribution in [3.05, 3.63) is 35.5 Å². The second kappa shape index (κ2) is 3.77. The molecule has 0 radical (unpaired) electrons. The number of fused-ring (bicyclic) bond motifs is 1. The van der Waals surface area contributed by atoms with E-state index in [1.165, 1.54) is 0 Å². The van der Waals surface area contributed by atoms with Crippen LogP contribution in [0.2, 0.25) is 0 Å². The molecule has 0 fully saturated rings. The first-order valence-electron chi connectivity index (χ1n) is 4.98. The Bertz CT molecular complexity index is 499.